The van der Waals surface area contributed by atoms with E-state index in [1.54, 1.807) is 6.92 Å². The molecule has 0 aromatic heterocycles. The minimum absolute atomic E-state index is 0.148. The number of carboxylic acid groups (broad SMARTS) is 1. The molecule has 0 saturated heterocycles. The summed E-state index contributed by atoms with van der Waals surface area (Å²) in [4.78, 5) is 10.7. The lowest BCUT2D eigenvalue weighted by Gasteiger charge is -2.21. The van der Waals surface area contributed by atoms with E-state index in [0.29, 0.717) is 18.4 Å². The first-order valence-electron chi connectivity index (χ1n) is 5.33. The van der Waals surface area contributed by atoms with Crippen LogP contribution in [-0.2, 0) is 4.79 Å². The van der Waals surface area contributed by atoms with Crippen molar-refractivity contribution in [2.45, 2.75) is 39.2 Å². The molecule has 0 aromatic rings. The number of hydrogen-bond donors (Lipinski definition) is 2. The van der Waals surface area contributed by atoms with E-state index >= 15 is 0 Å². The third-order valence-electron chi connectivity index (χ3n) is 3.27. The second kappa shape index (κ2) is 4.24. The summed E-state index contributed by atoms with van der Waals surface area (Å²) in [7, 11) is 0. The zero-order valence-electron chi connectivity index (χ0n) is 10.2. The van der Waals surface area contributed by atoms with Crippen molar-refractivity contribution in [3.05, 3.63) is 11.1 Å². The zero-order chi connectivity index (χ0) is 13.3. The Bertz CT molecular complexity index is 479. The highest BCUT2D eigenvalue weighted by atomic mass is 16.4. The van der Waals surface area contributed by atoms with Gasteiger partial charge < -0.3 is 10.2 Å². The van der Waals surface area contributed by atoms with Gasteiger partial charge in [0.2, 0.25) is 0 Å². The summed E-state index contributed by atoms with van der Waals surface area (Å²) in [6, 6.07) is 2.08. The number of nitrogens with zero attached hydrogens (tertiary/aromatic N) is 1. The predicted molar refractivity (Wildman–Crippen MR) is 61.7 cm³/mol. The largest absolute Gasteiger partial charge is 0.478 e. The maximum absolute atomic E-state index is 10.7. The van der Waals surface area contributed by atoms with Crippen LogP contribution in [0.1, 0.15) is 33.6 Å². The molecule has 0 aliphatic heterocycles. The summed E-state index contributed by atoms with van der Waals surface area (Å²) in [5, 5.41) is 27.8. The molecular formula is C13H15NO3. The summed E-state index contributed by atoms with van der Waals surface area (Å²) < 4.78 is 0. The van der Waals surface area contributed by atoms with E-state index in [1.165, 1.54) is 13.8 Å². The van der Waals surface area contributed by atoms with Gasteiger partial charge in [-0.1, -0.05) is 11.8 Å². The number of carbonyl (C=O) groups is 1. The van der Waals surface area contributed by atoms with Crippen molar-refractivity contribution in [2.24, 2.45) is 5.41 Å². The molecule has 1 aliphatic rings. The topological polar surface area (TPSA) is 81.3 Å². The Morgan fingerprint density at radius 3 is 2.29 bits per heavy atom. The van der Waals surface area contributed by atoms with Crippen molar-refractivity contribution >= 4 is 5.97 Å². The Labute approximate surface area is 101 Å². The van der Waals surface area contributed by atoms with Crippen molar-refractivity contribution < 1.29 is 15.0 Å². The van der Waals surface area contributed by atoms with Crippen LogP contribution in [-0.4, -0.2) is 21.8 Å². The number of nitriles is 1. The Hall–Kier alpha value is -1.78. The molecule has 0 unspecified atom stereocenters. The summed E-state index contributed by atoms with van der Waals surface area (Å²) in [6.45, 7) is 4.54. The first kappa shape index (κ1) is 13.3. The van der Waals surface area contributed by atoms with E-state index < -0.39 is 17.0 Å². The van der Waals surface area contributed by atoms with E-state index in [-0.39, 0.29) is 5.57 Å². The summed E-state index contributed by atoms with van der Waals surface area (Å²) in [5.41, 5.74) is -1.62. The van der Waals surface area contributed by atoms with E-state index in [4.69, 9.17) is 10.4 Å². The van der Waals surface area contributed by atoms with Crippen molar-refractivity contribution in [3.8, 4) is 17.9 Å². The van der Waals surface area contributed by atoms with E-state index in [0.717, 1.165) is 0 Å². The van der Waals surface area contributed by atoms with Gasteiger partial charge in [-0.2, -0.15) is 5.26 Å². The van der Waals surface area contributed by atoms with Crippen molar-refractivity contribution in [1.82, 2.24) is 0 Å². The maximum atomic E-state index is 10.7. The summed E-state index contributed by atoms with van der Waals surface area (Å²) in [6.07, 6.45) is 1.26. The smallest absolute Gasteiger partial charge is 0.332 e. The van der Waals surface area contributed by atoms with Crippen LogP contribution >= 0.6 is 0 Å². The fourth-order valence-electron chi connectivity index (χ4n) is 1.42. The molecule has 1 saturated carbocycles. The minimum Gasteiger partial charge on any atom is -0.478 e. The molecule has 1 rings (SSSR count). The third kappa shape index (κ3) is 2.49. The normalized spacial score (nSPS) is 21.1. The average molecular weight is 233 g/mol. The molecule has 90 valence electrons. The lowest BCUT2D eigenvalue weighted by atomic mass is 9.87. The van der Waals surface area contributed by atoms with Gasteiger partial charge >= 0.3 is 5.97 Å². The molecule has 2 N–H and O–H groups in total. The standard InChI is InChI=1S/C13H15NO3/c1-9(10(2)11(15)16)4-5-12(3,17)13(8-14)6-7-13/h17H,6-7H2,1-3H3,(H,15,16)/b10-9-/t12-/m1/s1. The van der Waals surface area contributed by atoms with Crippen molar-refractivity contribution in [1.29, 1.82) is 5.26 Å². The van der Waals surface area contributed by atoms with Crippen LogP contribution in [0.15, 0.2) is 11.1 Å². The molecule has 17 heavy (non-hydrogen) atoms. The van der Waals surface area contributed by atoms with Gasteiger partial charge in [-0.25, -0.2) is 4.79 Å². The van der Waals surface area contributed by atoms with Crippen LogP contribution in [0.25, 0.3) is 0 Å². The van der Waals surface area contributed by atoms with Gasteiger partial charge in [0, 0.05) is 11.1 Å². The highest BCUT2D eigenvalue weighted by Crippen LogP contribution is 2.53. The molecule has 4 nitrogen and oxygen atoms in total. The van der Waals surface area contributed by atoms with Gasteiger partial charge in [0.15, 0.2) is 0 Å². The Morgan fingerprint density at radius 1 is 1.41 bits per heavy atom. The third-order valence-corrected chi connectivity index (χ3v) is 3.27. The van der Waals surface area contributed by atoms with E-state index in [2.05, 4.69) is 17.9 Å². The van der Waals surface area contributed by atoms with E-state index in [1.807, 2.05) is 0 Å². The molecule has 0 spiro atoms. The van der Waals surface area contributed by atoms with Gasteiger partial charge in [0.1, 0.15) is 5.60 Å². The number of aliphatic hydroxyl groups is 1. The average Bonchev–Trinajstić information content (AvgIpc) is 3.05. The van der Waals surface area contributed by atoms with Crippen LogP contribution in [0, 0.1) is 28.6 Å². The minimum atomic E-state index is -1.39. The van der Waals surface area contributed by atoms with Crippen LogP contribution in [0.4, 0.5) is 0 Å². The molecule has 0 bridgehead atoms. The second-order valence-electron chi connectivity index (χ2n) is 4.57. The molecule has 4 heteroatoms. The van der Waals surface area contributed by atoms with Crippen molar-refractivity contribution in [3.63, 3.8) is 0 Å². The molecule has 0 heterocycles. The van der Waals surface area contributed by atoms with Gasteiger partial charge in [0.25, 0.3) is 0 Å². The lowest BCUT2D eigenvalue weighted by molar-refractivity contribution is -0.132. The summed E-state index contributed by atoms with van der Waals surface area (Å²) >= 11 is 0. The van der Waals surface area contributed by atoms with Crippen LogP contribution in [0.2, 0.25) is 0 Å². The number of carboxylic acids is 1. The molecule has 0 amide bonds. The van der Waals surface area contributed by atoms with Crippen LogP contribution in [0.3, 0.4) is 0 Å². The molecule has 1 fully saturated rings. The quantitative estimate of drug-likeness (QED) is 0.559. The Morgan fingerprint density at radius 2 is 1.94 bits per heavy atom. The van der Waals surface area contributed by atoms with Crippen LogP contribution < -0.4 is 0 Å². The first-order valence-corrected chi connectivity index (χ1v) is 5.33. The highest BCUT2D eigenvalue weighted by Gasteiger charge is 2.56. The van der Waals surface area contributed by atoms with Crippen LogP contribution in [0.5, 0.6) is 0 Å². The monoisotopic (exact) mass is 233 g/mol. The molecule has 0 radical (unpaired) electrons. The van der Waals surface area contributed by atoms with Crippen molar-refractivity contribution in [2.75, 3.05) is 0 Å². The fourth-order valence-corrected chi connectivity index (χ4v) is 1.42. The summed E-state index contributed by atoms with van der Waals surface area (Å²) in [5.74, 6) is 4.21. The van der Waals surface area contributed by atoms with E-state index in [9.17, 15) is 9.90 Å². The molecule has 1 aliphatic carbocycles. The SMILES string of the molecule is C/C(C#C[C@@](C)(O)C1(C#N)CC1)=C(\C)C(=O)O. The number of hydrogen-bond acceptors (Lipinski definition) is 3. The van der Waals surface area contributed by atoms with Gasteiger partial charge in [-0.15, -0.1) is 0 Å². The first-order chi connectivity index (χ1) is 7.76. The number of aliphatic carboxylic acids is 1. The van der Waals surface area contributed by atoms with Gasteiger partial charge in [0.05, 0.1) is 11.5 Å². The Kier molecular flexibility index (Phi) is 3.31. The second-order valence-corrected chi connectivity index (χ2v) is 4.57. The van der Waals surface area contributed by atoms with Gasteiger partial charge in [-0.3, -0.25) is 0 Å². The Balaban J connectivity index is 2.98. The lowest BCUT2D eigenvalue weighted by Crippen LogP contribution is -2.33. The number of rotatable bonds is 2. The van der Waals surface area contributed by atoms with Gasteiger partial charge in [-0.05, 0) is 33.6 Å². The fraction of sp³-hybridized carbons (Fsp3) is 0.538. The predicted octanol–water partition coefficient (Wildman–Crippen LogP) is 1.47. The zero-order valence-corrected chi connectivity index (χ0v) is 10.2. The molecule has 1 atom stereocenters. The molecular weight excluding hydrogens is 218 g/mol. The highest BCUT2D eigenvalue weighted by molar-refractivity contribution is 5.87. The maximum Gasteiger partial charge on any atom is 0.332 e. The number of allylic oxidation sites excluding steroid dienone is 1. The molecule has 0 aromatic carbocycles.